The van der Waals surface area contributed by atoms with Gasteiger partial charge in [0.05, 0.1) is 5.38 Å². The number of hydrogen-bond acceptors (Lipinski definition) is 2. The monoisotopic (exact) mass is 305 g/mol. The first-order valence-electron chi connectivity index (χ1n) is 7.96. The molecule has 0 N–H and O–H groups in total. The van der Waals surface area contributed by atoms with Crippen LogP contribution >= 0.6 is 11.6 Å². The predicted octanol–water partition coefficient (Wildman–Crippen LogP) is 5.04. The van der Waals surface area contributed by atoms with E-state index in [1.165, 1.54) is 24.8 Å². The highest BCUT2D eigenvalue weighted by atomic mass is 35.5. The molecule has 1 saturated carbocycles. The van der Waals surface area contributed by atoms with Crippen LogP contribution in [0.3, 0.4) is 0 Å². The fraction of sp³-hybridized carbons (Fsp3) is 0.647. The molecule has 1 aliphatic rings. The number of hydrogen-bond donors (Lipinski definition) is 0. The van der Waals surface area contributed by atoms with Crippen molar-refractivity contribution in [3.8, 4) is 0 Å². The van der Waals surface area contributed by atoms with Crippen molar-refractivity contribution < 1.29 is 0 Å². The number of aromatic nitrogens is 3. The SMILES string of the molecule is Cc1ccnc2c1nc(C(C)Cl)n2C1CCC(C)C(C)C1. The molecule has 4 atom stereocenters. The first-order chi connectivity index (χ1) is 9.99. The molecule has 3 nitrogen and oxygen atoms in total. The predicted molar refractivity (Wildman–Crippen MR) is 87.7 cm³/mol. The lowest BCUT2D eigenvalue weighted by atomic mass is 9.79. The van der Waals surface area contributed by atoms with Gasteiger partial charge in [0.25, 0.3) is 0 Å². The van der Waals surface area contributed by atoms with Gasteiger partial charge in [0, 0.05) is 12.2 Å². The maximum atomic E-state index is 6.41. The summed E-state index contributed by atoms with van der Waals surface area (Å²) in [5, 5.41) is -0.0896. The highest BCUT2D eigenvalue weighted by Crippen LogP contribution is 2.39. The lowest BCUT2D eigenvalue weighted by Gasteiger charge is -2.34. The molecule has 2 heterocycles. The van der Waals surface area contributed by atoms with Crippen molar-refractivity contribution >= 4 is 22.8 Å². The molecule has 0 aliphatic heterocycles. The molecule has 4 unspecified atom stereocenters. The Morgan fingerprint density at radius 1 is 1.29 bits per heavy atom. The molecular formula is C17H24ClN3. The Labute approximate surface area is 131 Å². The van der Waals surface area contributed by atoms with Crippen molar-refractivity contribution in [2.24, 2.45) is 11.8 Å². The fourth-order valence-electron chi connectivity index (χ4n) is 3.52. The molecule has 2 aromatic heterocycles. The van der Waals surface area contributed by atoms with E-state index in [-0.39, 0.29) is 5.38 Å². The number of pyridine rings is 1. The molecular weight excluding hydrogens is 282 g/mol. The molecule has 1 fully saturated rings. The maximum absolute atomic E-state index is 6.41. The van der Waals surface area contributed by atoms with Gasteiger partial charge in [-0.3, -0.25) is 0 Å². The van der Waals surface area contributed by atoms with Crippen molar-refractivity contribution in [1.29, 1.82) is 0 Å². The molecule has 21 heavy (non-hydrogen) atoms. The molecule has 0 bridgehead atoms. The Morgan fingerprint density at radius 3 is 2.71 bits per heavy atom. The minimum absolute atomic E-state index is 0.0896. The molecule has 0 amide bonds. The first kappa shape index (κ1) is 14.8. The minimum Gasteiger partial charge on any atom is -0.308 e. The van der Waals surface area contributed by atoms with E-state index >= 15 is 0 Å². The Hall–Kier alpha value is -1.09. The number of halogens is 1. The number of imidazole rings is 1. The minimum atomic E-state index is -0.0896. The summed E-state index contributed by atoms with van der Waals surface area (Å²) in [6.45, 7) is 8.82. The van der Waals surface area contributed by atoms with E-state index in [2.05, 4.69) is 30.3 Å². The van der Waals surface area contributed by atoms with E-state index < -0.39 is 0 Å². The van der Waals surface area contributed by atoms with E-state index in [1.807, 2.05) is 19.2 Å². The summed E-state index contributed by atoms with van der Waals surface area (Å²) < 4.78 is 2.32. The average Bonchev–Trinajstić information content (AvgIpc) is 2.83. The van der Waals surface area contributed by atoms with Crippen LogP contribution in [0.15, 0.2) is 12.3 Å². The normalized spacial score (nSPS) is 28.0. The lowest BCUT2D eigenvalue weighted by Crippen LogP contribution is -2.24. The van der Waals surface area contributed by atoms with Crippen LogP contribution in [0.25, 0.3) is 11.2 Å². The summed E-state index contributed by atoms with van der Waals surface area (Å²) >= 11 is 6.41. The van der Waals surface area contributed by atoms with E-state index in [4.69, 9.17) is 16.6 Å². The van der Waals surface area contributed by atoms with Crippen LogP contribution in [-0.2, 0) is 0 Å². The summed E-state index contributed by atoms with van der Waals surface area (Å²) in [5.41, 5.74) is 3.19. The van der Waals surface area contributed by atoms with Gasteiger partial charge in [0.1, 0.15) is 11.3 Å². The lowest BCUT2D eigenvalue weighted by molar-refractivity contribution is 0.210. The van der Waals surface area contributed by atoms with Crippen LogP contribution in [0.1, 0.15) is 62.8 Å². The topological polar surface area (TPSA) is 30.7 Å². The second-order valence-corrected chi connectivity index (χ2v) is 7.33. The van der Waals surface area contributed by atoms with E-state index in [0.29, 0.717) is 6.04 Å². The maximum Gasteiger partial charge on any atom is 0.160 e. The summed E-state index contributed by atoms with van der Waals surface area (Å²) in [6.07, 6.45) is 5.54. The third-order valence-corrected chi connectivity index (χ3v) is 5.29. The van der Waals surface area contributed by atoms with Crippen LogP contribution in [0.5, 0.6) is 0 Å². The first-order valence-corrected chi connectivity index (χ1v) is 8.40. The van der Waals surface area contributed by atoms with Crippen molar-refractivity contribution in [2.75, 3.05) is 0 Å². The zero-order chi connectivity index (χ0) is 15.1. The second-order valence-electron chi connectivity index (χ2n) is 6.68. The zero-order valence-corrected chi connectivity index (χ0v) is 14.1. The van der Waals surface area contributed by atoms with Crippen molar-refractivity contribution in [2.45, 2.75) is 58.4 Å². The van der Waals surface area contributed by atoms with E-state index in [0.717, 1.165) is 28.8 Å². The van der Waals surface area contributed by atoms with Crippen molar-refractivity contribution in [3.63, 3.8) is 0 Å². The van der Waals surface area contributed by atoms with Crippen LogP contribution in [0.4, 0.5) is 0 Å². The molecule has 0 radical (unpaired) electrons. The van der Waals surface area contributed by atoms with Gasteiger partial charge in [-0.05, 0) is 56.6 Å². The number of fused-ring (bicyclic) bond motifs is 1. The summed E-state index contributed by atoms with van der Waals surface area (Å²) in [6, 6.07) is 2.50. The fourth-order valence-corrected chi connectivity index (χ4v) is 3.68. The van der Waals surface area contributed by atoms with Crippen molar-refractivity contribution in [1.82, 2.24) is 14.5 Å². The molecule has 0 spiro atoms. The average molecular weight is 306 g/mol. The number of alkyl halides is 1. The summed E-state index contributed by atoms with van der Waals surface area (Å²) in [7, 11) is 0. The highest BCUT2D eigenvalue weighted by molar-refractivity contribution is 6.20. The third-order valence-electron chi connectivity index (χ3n) is 5.10. The number of aryl methyl sites for hydroxylation is 1. The molecule has 114 valence electrons. The van der Waals surface area contributed by atoms with Crippen LogP contribution < -0.4 is 0 Å². The second kappa shape index (κ2) is 5.60. The number of rotatable bonds is 2. The highest BCUT2D eigenvalue weighted by Gasteiger charge is 2.29. The molecule has 0 aromatic carbocycles. The van der Waals surface area contributed by atoms with E-state index in [1.54, 1.807) is 0 Å². The van der Waals surface area contributed by atoms with Gasteiger partial charge in [-0.15, -0.1) is 11.6 Å². The molecule has 2 aromatic rings. The third kappa shape index (κ3) is 2.57. The van der Waals surface area contributed by atoms with Gasteiger partial charge in [-0.25, -0.2) is 9.97 Å². The zero-order valence-electron chi connectivity index (χ0n) is 13.3. The van der Waals surface area contributed by atoms with Gasteiger partial charge in [0.2, 0.25) is 0 Å². The summed E-state index contributed by atoms with van der Waals surface area (Å²) in [4.78, 5) is 9.41. The van der Waals surface area contributed by atoms with Gasteiger partial charge in [-0.1, -0.05) is 13.8 Å². The van der Waals surface area contributed by atoms with Gasteiger partial charge >= 0.3 is 0 Å². The largest absolute Gasteiger partial charge is 0.308 e. The summed E-state index contributed by atoms with van der Waals surface area (Å²) in [5.74, 6) is 2.52. The molecule has 0 saturated heterocycles. The Balaban J connectivity index is 2.12. The van der Waals surface area contributed by atoms with Gasteiger partial charge in [-0.2, -0.15) is 0 Å². The molecule has 4 heteroatoms. The number of nitrogens with zero attached hydrogens (tertiary/aromatic N) is 3. The van der Waals surface area contributed by atoms with E-state index in [9.17, 15) is 0 Å². The standard InChI is InChI=1S/C17H24ClN3/c1-10-5-6-14(9-12(10)3)21-16(13(4)18)20-15-11(2)7-8-19-17(15)21/h7-8,10,12-14H,5-6,9H2,1-4H3. The smallest absolute Gasteiger partial charge is 0.160 e. The Bertz CT molecular complexity index is 647. The quantitative estimate of drug-likeness (QED) is 0.728. The molecule has 3 rings (SSSR count). The molecule has 1 aliphatic carbocycles. The Kier molecular flexibility index (Phi) is 3.96. The van der Waals surface area contributed by atoms with Crippen molar-refractivity contribution in [3.05, 3.63) is 23.7 Å². The van der Waals surface area contributed by atoms with Crippen LogP contribution in [0, 0.1) is 18.8 Å². The van der Waals surface area contributed by atoms with Crippen LogP contribution in [0.2, 0.25) is 0 Å². The van der Waals surface area contributed by atoms with Crippen LogP contribution in [-0.4, -0.2) is 14.5 Å². The van der Waals surface area contributed by atoms with Gasteiger partial charge in [0.15, 0.2) is 5.65 Å². The Morgan fingerprint density at radius 2 is 2.05 bits per heavy atom. The van der Waals surface area contributed by atoms with Gasteiger partial charge < -0.3 is 4.57 Å².